The number of aromatic nitrogens is 2. The van der Waals surface area contributed by atoms with Crippen molar-refractivity contribution in [2.24, 2.45) is 0 Å². The predicted molar refractivity (Wildman–Crippen MR) is 82.2 cm³/mol. The Hall–Kier alpha value is -1.62. The topological polar surface area (TPSA) is 50.2 Å². The highest BCUT2D eigenvalue weighted by Gasteiger charge is 2.13. The minimum atomic E-state index is -0.0500. The maximum Gasteiger partial charge on any atom is 0.269 e. The summed E-state index contributed by atoms with van der Waals surface area (Å²) in [5.74, 6) is 0. The first-order chi connectivity index (χ1) is 9.70. The molecule has 1 aromatic rings. The van der Waals surface area contributed by atoms with E-state index >= 15 is 0 Å². The van der Waals surface area contributed by atoms with Crippen molar-refractivity contribution in [2.45, 2.75) is 32.7 Å². The first kappa shape index (κ1) is 14.8. The third-order valence-corrected chi connectivity index (χ3v) is 3.50. The summed E-state index contributed by atoms with van der Waals surface area (Å²) in [4.78, 5) is 14.3. The van der Waals surface area contributed by atoms with Gasteiger partial charge in [0.25, 0.3) is 5.56 Å². The van der Waals surface area contributed by atoms with Gasteiger partial charge in [-0.05, 0) is 31.4 Å². The highest BCUT2D eigenvalue weighted by atomic mass is 16.1. The van der Waals surface area contributed by atoms with Crippen molar-refractivity contribution in [3.63, 3.8) is 0 Å². The Labute approximate surface area is 120 Å². The van der Waals surface area contributed by atoms with Crippen LogP contribution in [0.4, 0.5) is 5.69 Å². The Morgan fingerprint density at radius 3 is 2.85 bits per heavy atom. The fourth-order valence-corrected chi connectivity index (χ4v) is 2.40. The van der Waals surface area contributed by atoms with E-state index in [0.717, 1.165) is 43.9 Å². The molecule has 1 N–H and O–H groups in total. The largest absolute Gasteiger partial charge is 0.370 e. The van der Waals surface area contributed by atoms with Crippen LogP contribution >= 0.6 is 0 Å². The van der Waals surface area contributed by atoms with Crippen molar-refractivity contribution < 1.29 is 0 Å². The Morgan fingerprint density at radius 2 is 2.20 bits per heavy atom. The van der Waals surface area contributed by atoms with E-state index < -0.39 is 0 Å². The molecular weight excluding hydrogens is 252 g/mol. The van der Waals surface area contributed by atoms with E-state index in [1.165, 1.54) is 17.5 Å². The van der Waals surface area contributed by atoms with Crippen LogP contribution in [0.15, 0.2) is 29.2 Å². The zero-order valence-corrected chi connectivity index (χ0v) is 12.3. The third kappa shape index (κ3) is 3.93. The second kappa shape index (κ2) is 7.24. The molecule has 0 amide bonds. The normalized spacial score (nSPS) is 14.8. The highest BCUT2D eigenvalue weighted by molar-refractivity contribution is 5.43. The van der Waals surface area contributed by atoms with Gasteiger partial charge in [-0.25, -0.2) is 4.68 Å². The summed E-state index contributed by atoms with van der Waals surface area (Å²) in [7, 11) is 0. The Bertz CT molecular complexity index is 503. The van der Waals surface area contributed by atoms with Crippen LogP contribution in [0.5, 0.6) is 0 Å². The summed E-state index contributed by atoms with van der Waals surface area (Å²) in [5.41, 5.74) is 1.87. The van der Waals surface area contributed by atoms with Gasteiger partial charge in [-0.2, -0.15) is 5.10 Å². The Balaban J connectivity index is 1.95. The summed E-state index contributed by atoms with van der Waals surface area (Å²) >= 11 is 0. The molecule has 5 heteroatoms. The standard InChI is InChI=1S/C15H24N4O/c1-3-6-16-10-13(2)12-19-15(20)9-14(11-17-19)18-7-4-5-8-18/h9,11,16H,2-8,10,12H2,1H3. The number of rotatable bonds is 7. The first-order valence-corrected chi connectivity index (χ1v) is 7.40. The number of nitrogens with one attached hydrogen (secondary N) is 1. The predicted octanol–water partition coefficient (Wildman–Crippen LogP) is 1.40. The second-order valence-electron chi connectivity index (χ2n) is 5.33. The van der Waals surface area contributed by atoms with Gasteiger partial charge in [-0.1, -0.05) is 13.5 Å². The average molecular weight is 276 g/mol. The number of hydrogen-bond donors (Lipinski definition) is 1. The molecule has 0 saturated carbocycles. The average Bonchev–Trinajstić information content (AvgIpc) is 2.95. The quantitative estimate of drug-likeness (QED) is 0.604. The number of hydrogen-bond acceptors (Lipinski definition) is 4. The lowest BCUT2D eigenvalue weighted by Crippen LogP contribution is -2.28. The molecule has 0 atom stereocenters. The van der Waals surface area contributed by atoms with Crippen molar-refractivity contribution >= 4 is 5.69 Å². The molecule has 0 unspecified atom stereocenters. The van der Waals surface area contributed by atoms with Crippen molar-refractivity contribution in [1.82, 2.24) is 15.1 Å². The van der Waals surface area contributed by atoms with E-state index in [-0.39, 0.29) is 5.56 Å². The van der Waals surface area contributed by atoms with Crippen LogP contribution in [-0.4, -0.2) is 36.0 Å². The molecule has 20 heavy (non-hydrogen) atoms. The van der Waals surface area contributed by atoms with E-state index in [0.29, 0.717) is 6.54 Å². The zero-order valence-electron chi connectivity index (χ0n) is 12.3. The molecule has 0 aliphatic carbocycles. The molecule has 0 spiro atoms. The molecule has 1 aliphatic heterocycles. The molecule has 110 valence electrons. The van der Waals surface area contributed by atoms with Crippen LogP contribution in [0.1, 0.15) is 26.2 Å². The number of anilines is 1. The summed E-state index contributed by atoms with van der Waals surface area (Å²) in [5, 5.41) is 7.54. The van der Waals surface area contributed by atoms with Gasteiger partial charge >= 0.3 is 0 Å². The van der Waals surface area contributed by atoms with Gasteiger partial charge in [0, 0.05) is 25.7 Å². The minimum Gasteiger partial charge on any atom is -0.370 e. The van der Waals surface area contributed by atoms with Crippen LogP contribution < -0.4 is 15.8 Å². The fraction of sp³-hybridized carbons (Fsp3) is 0.600. The number of nitrogens with zero attached hydrogens (tertiary/aromatic N) is 3. The van der Waals surface area contributed by atoms with E-state index in [1.807, 2.05) is 0 Å². The van der Waals surface area contributed by atoms with Crippen molar-refractivity contribution in [1.29, 1.82) is 0 Å². The lowest BCUT2D eigenvalue weighted by Gasteiger charge is -2.17. The summed E-state index contributed by atoms with van der Waals surface area (Å²) in [6, 6.07) is 1.69. The first-order valence-electron chi connectivity index (χ1n) is 7.40. The molecule has 0 radical (unpaired) electrons. The van der Waals surface area contributed by atoms with Crippen LogP contribution in [0.2, 0.25) is 0 Å². The molecule has 1 aliphatic rings. The summed E-state index contributed by atoms with van der Waals surface area (Å²) in [6.07, 6.45) is 5.28. The second-order valence-corrected chi connectivity index (χ2v) is 5.33. The van der Waals surface area contributed by atoms with E-state index in [1.54, 1.807) is 12.3 Å². The van der Waals surface area contributed by atoms with E-state index in [4.69, 9.17) is 0 Å². The van der Waals surface area contributed by atoms with Gasteiger partial charge in [0.05, 0.1) is 18.4 Å². The van der Waals surface area contributed by atoms with Gasteiger partial charge in [0.15, 0.2) is 0 Å². The summed E-state index contributed by atoms with van der Waals surface area (Å²) in [6.45, 7) is 10.3. The highest BCUT2D eigenvalue weighted by Crippen LogP contribution is 2.16. The van der Waals surface area contributed by atoms with Gasteiger partial charge in [0.2, 0.25) is 0 Å². The van der Waals surface area contributed by atoms with Gasteiger partial charge in [0.1, 0.15) is 0 Å². The monoisotopic (exact) mass is 276 g/mol. The van der Waals surface area contributed by atoms with Crippen molar-refractivity contribution in [2.75, 3.05) is 31.1 Å². The lowest BCUT2D eigenvalue weighted by molar-refractivity contribution is 0.603. The SMILES string of the molecule is C=C(CNCCC)Cn1ncc(N2CCCC2)cc1=O. The minimum absolute atomic E-state index is 0.0500. The van der Waals surface area contributed by atoms with Crippen molar-refractivity contribution in [3.05, 3.63) is 34.8 Å². The molecular formula is C15H24N4O. The van der Waals surface area contributed by atoms with Gasteiger partial charge in [-0.15, -0.1) is 0 Å². The van der Waals surface area contributed by atoms with Crippen LogP contribution in [0.3, 0.4) is 0 Å². The molecule has 0 aromatic carbocycles. The van der Waals surface area contributed by atoms with Gasteiger partial charge in [-0.3, -0.25) is 4.79 Å². The maximum absolute atomic E-state index is 12.1. The molecule has 1 aromatic heterocycles. The fourth-order valence-electron chi connectivity index (χ4n) is 2.40. The molecule has 0 bridgehead atoms. The summed E-state index contributed by atoms with van der Waals surface area (Å²) < 4.78 is 1.48. The smallest absolute Gasteiger partial charge is 0.269 e. The lowest BCUT2D eigenvalue weighted by atomic mass is 10.3. The maximum atomic E-state index is 12.1. The Morgan fingerprint density at radius 1 is 1.45 bits per heavy atom. The van der Waals surface area contributed by atoms with E-state index in [9.17, 15) is 4.79 Å². The molecule has 2 rings (SSSR count). The van der Waals surface area contributed by atoms with Crippen LogP contribution in [0.25, 0.3) is 0 Å². The van der Waals surface area contributed by atoms with Crippen LogP contribution in [0, 0.1) is 0 Å². The van der Waals surface area contributed by atoms with Crippen LogP contribution in [-0.2, 0) is 6.54 Å². The molecule has 1 saturated heterocycles. The third-order valence-electron chi connectivity index (χ3n) is 3.50. The molecule has 1 fully saturated rings. The van der Waals surface area contributed by atoms with E-state index in [2.05, 4.69) is 28.8 Å². The molecule has 2 heterocycles. The van der Waals surface area contributed by atoms with Crippen molar-refractivity contribution in [3.8, 4) is 0 Å². The van der Waals surface area contributed by atoms with Gasteiger partial charge < -0.3 is 10.2 Å². The molecule has 5 nitrogen and oxygen atoms in total. The zero-order chi connectivity index (χ0) is 14.4. The Kier molecular flexibility index (Phi) is 5.35.